The van der Waals surface area contributed by atoms with Crippen molar-refractivity contribution in [3.63, 3.8) is 0 Å². The van der Waals surface area contributed by atoms with Gasteiger partial charge in [-0.25, -0.2) is 4.99 Å². The number of hydrogen-bond donors (Lipinski definition) is 2. The van der Waals surface area contributed by atoms with E-state index in [1.54, 1.807) is 14.2 Å². The van der Waals surface area contributed by atoms with Crippen LogP contribution in [-0.2, 0) is 9.47 Å². The molecule has 0 fully saturated rings. The second-order valence-corrected chi connectivity index (χ2v) is 5.50. The molecule has 2 aromatic rings. The molecular formula is C17H18ClN3O2. The number of hydrogen-bond acceptors (Lipinski definition) is 5. The van der Waals surface area contributed by atoms with Crippen molar-refractivity contribution in [3.8, 4) is 0 Å². The second-order valence-electron chi connectivity index (χ2n) is 5.03. The van der Waals surface area contributed by atoms with Crippen molar-refractivity contribution >= 4 is 34.5 Å². The zero-order chi connectivity index (χ0) is 16.2. The molecule has 0 saturated heterocycles. The molecule has 3 rings (SSSR count). The first-order chi connectivity index (χ1) is 11.2. The Kier molecular flexibility index (Phi) is 4.81. The van der Waals surface area contributed by atoms with Crippen LogP contribution in [0.25, 0.3) is 0 Å². The molecular weight excluding hydrogens is 314 g/mol. The molecule has 0 radical (unpaired) electrons. The summed E-state index contributed by atoms with van der Waals surface area (Å²) in [6.07, 6.45) is -0.585. The lowest BCUT2D eigenvalue weighted by Crippen LogP contribution is -2.41. The summed E-state index contributed by atoms with van der Waals surface area (Å²) >= 11 is 6.36. The molecule has 0 spiro atoms. The minimum absolute atomic E-state index is 0.581. The summed E-state index contributed by atoms with van der Waals surface area (Å²) in [5.74, 6) is 0.664. The van der Waals surface area contributed by atoms with Gasteiger partial charge in [0.2, 0.25) is 0 Å². The number of methoxy groups -OCH3 is 2. The van der Waals surface area contributed by atoms with Crippen LogP contribution < -0.4 is 10.6 Å². The summed E-state index contributed by atoms with van der Waals surface area (Å²) in [5.41, 5.74) is 3.08. The number of benzene rings is 2. The summed E-state index contributed by atoms with van der Waals surface area (Å²) in [7, 11) is 3.09. The van der Waals surface area contributed by atoms with Gasteiger partial charge in [0.05, 0.1) is 11.4 Å². The highest BCUT2D eigenvalue weighted by Gasteiger charge is 2.23. The van der Waals surface area contributed by atoms with E-state index >= 15 is 0 Å². The van der Waals surface area contributed by atoms with E-state index in [0.717, 1.165) is 22.6 Å². The zero-order valence-electron chi connectivity index (χ0n) is 12.9. The standard InChI is InChI=1S/C17H18ClN3O2/c1-22-17(23-2)15(18)21-16-11-7-3-4-8-12(11)19-13-9-5-6-10-14(13)20-16/h3-10,15,17,19H,1-2H3,(H,20,21). The van der Waals surface area contributed by atoms with Crippen LogP contribution in [0.15, 0.2) is 53.5 Å². The first-order valence-electron chi connectivity index (χ1n) is 7.23. The molecule has 0 aromatic heterocycles. The molecule has 1 unspecified atom stereocenters. The van der Waals surface area contributed by atoms with E-state index in [1.165, 1.54) is 0 Å². The summed E-state index contributed by atoms with van der Waals surface area (Å²) in [6, 6.07) is 15.8. The second kappa shape index (κ2) is 7.00. The van der Waals surface area contributed by atoms with Gasteiger partial charge in [0.25, 0.3) is 0 Å². The molecule has 1 aliphatic rings. The fourth-order valence-corrected chi connectivity index (χ4v) is 2.75. The van der Waals surface area contributed by atoms with E-state index in [1.807, 2.05) is 48.5 Å². The largest absolute Gasteiger partial charge is 0.353 e. The molecule has 1 heterocycles. The first kappa shape index (κ1) is 15.8. The van der Waals surface area contributed by atoms with Gasteiger partial charge in [0.15, 0.2) is 11.8 Å². The lowest BCUT2D eigenvalue weighted by atomic mass is 10.1. The highest BCUT2D eigenvalue weighted by molar-refractivity contribution is 6.23. The predicted molar refractivity (Wildman–Crippen MR) is 92.9 cm³/mol. The number of nitrogens with one attached hydrogen (secondary N) is 2. The molecule has 1 atom stereocenters. The van der Waals surface area contributed by atoms with Crippen LogP contribution in [0.5, 0.6) is 0 Å². The number of rotatable bonds is 4. The summed E-state index contributed by atoms with van der Waals surface area (Å²) in [5, 5.41) is 6.59. The van der Waals surface area contributed by atoms with Crippen molar-refractivity contribution in [2.24, 2.45) is 4.99 Å². The number of amidine groups is 1. The molecule has 6 heteroatoms. The average Bonchev–Trinajstić information content (AvgIpc) is 2.72. The highest BCUT2D eigenvalue weighted by atomic mass is 35.5. The van der Waals surface area contributed by atoms with E-state index in [2.05, 4.69) is 10.6 Å². The normalized spacial score (nSPS) is 14.2. The molecule has 120 valence electrons. The Morgan fingerprint density at radius 3 is 2.39 bits per heavy atom. The Morgan fingerprint density at radius 2 is 1.65 bits per heavy atom. The van der Waals surface area contributed by atoms with Crippen LogP contribution in [0, 0.1) is 0 Å². The van der Waals surface area contributed by atoms with Crippen LogP contribution >= 0.6 is 11.6 Å². The SMILES string of the molecule is COC(OC)C(Cl)NC1=Nc2ccccc2Nc2ccccc21. The lowest BCUT2D eigenvalue weighted by molar-refractivity contribution is -0.105. The number of nitrogens with zero attached hydrogens (tertiary/aromatic N) is 1. The number of ether oxygens (including phenoxy) is 2. The van der Waals surface area contributed by atoms with Crippen LogP contribution in [0.1, 0.15) is 5.56 Å². The molecule has 0 aliphatic carbocycles. The Balaban J connectivity index is 2.01. The van der Waals surface area contributed by atoms with Crippen LogP contribution in [0.3, 0.4) is 0 Å². The Bertz CT molecular complexity index is 716. The van der Waals surface area contributed by atoms with Crippen LogP contribution in [0.4, 0.5) is 17.1 Å². The number of aliphatic imine (C=N–C) groups is 1. The topological polar surface area (TPSA) is 54.9 Å². The number of halogens is 1. The fraction of sp³-hybridized carbons (Fsp3) is 0.235. The van der Waals surface area contributed by atoms with Crippen molar-refractivity contribution in [3.05, 3.63) is 54.1 Å². The quantitative estimate of drug-likeness (QED) is 0.510. The maximum atomic E-state index is 6.36. The number of para-hydroxylation sites is 3. The molecule has 0 amide bonds. The number of anilines is 2. The van der Waals surface area contributed by atoms with Crippen molar-refractivity contribution in [1.29, 1.82) is 0 Å². The van der Waals surface area contributed by atoms with E-state index < -0.39 is 11.8 Å². The molecule has 2 N–H and O–H groups in total. The molecule has 0 saturated carbocycles. The number of fused-ring (bicyclic) bond motifs is 2. The Hall–Kier alpha value is -2.08. The Morgan fingerprint density at radius 1 is 1.00 bits per heavy atom. The molecule has 1 aliphatic heterocycles. The predicted octanol–water partition coefficient (Wildman–Crippen LogP) is 3.60. The van der Waals surface area contributed by atoms with Gasteiger partial charge in [-0.3, -0.25) is 0 Å². The lowest BCUT2D eigenvalue weighted by Gasteiger charge is -2.22. The van der Waals surface area contributed by atoms with Crippen molar-refractivity contribution in [2.45, 2.75) is 11.8 Å². The minimum Gasteiger partial charge on any atom is -0.353 e. The monoisotopic (exact) mass is 331 g/mol. The minimum atomic E-state index is -0.585. The van der Waals surface area contributed by atoms with Crippen molar-refractivity contribution in [2.75, 3.05) is 19.5 Å². The highest BCUT2D eigenvalue weighted by Crippen LogP contribution is 2.33. The summed E-state index contributed by atoms with van der Waals surface area (Å²) in [4.78, 5) is 4.72. The third kappa shape index (κ3) is 3.32. The van der Waals surface area contributed by atoms with Gasteiger partial charge < -0.3 is 20.1 Å². The van der Waals surface area contributed by atoms with E-state index in [9.17, 15) is 0 Å². The average molecular weight is 332 g/mol. The van der Waals surface area contributed by atoms with E-state index in [4.69, 9.17) is 26.1 Å². The van der Waals surface area contributed by atoms with Gasteiger partial charge in [0.1, 0.15) is 5.84 Å². The molecule has 2 aromatic carbocycles. The van der Waals surface area contributed by atoms with Gasteiger partial charge in [-0.1, -0.05) is 35.9 Å². The van der Waals surface area contributed by atoms with Crippen molar-refractivity contribution in [1.82, 2.24) is 5.32 Å². The third-order valence-electron chi connectivity index (χ3n) is 3.57. The zero-order valence-corrected chi connectivity index (χ0v) is 13.7. The van der Waals surface area contributed by atoms with Gasteiger partial charge in [-0.05, 0) is 24.3 Å². The smallest absolute Gasteiger partial charge is 0.191 e. The first-order valence-corrected chi connectivity index (χ1v) is 7.67. The maximum Gasteiger partial charge on any atom is 0.191 e. The number of alkyl halides is 1. The van der Waals surface area contributed by atoms with E-state index in [0.29, 0.717) is 5.84 Å². The Labute approximate surface area is 140 Å². The van der Waals surface area contributed by atoms with Crippen LogP contribution in [-0.4, -0.2) is 31.8 Å². The summed E-state index contributed by atoms with van der Waals surface area (Å²) in [6.45, 7) is 0. The van der Waals surface area contributed by atoms with Crippen molar-refractivity contribution < 1.29 is 9.47 Å². The van der Waals surface area contributed by atoms with E-state index in [-0.39, 0.29) is 0 Å². The van der Waals surface area contributed by atoms with Gasteiger partial charge >= 0.3 is 0 Å². The van der Waals surface area contributed by atoms with Gasteiger partial charge in [-0.15, -0.1) is 0 Å². The molecule has 0 bridgehead atoms. The maximum absolute atomic E-state index is 6.36. The molecule has 23 heavy (non-hydrogen) atoms. The van der Waals surface area contributed by atoms with Gasteiger partial charge in [0, 0.05) is 25.5 Å². The molecule has 5 nitrogen and oxygen atoms in total. The van der Waals surface area contributed by atoms with Gasteiger partial charge in [-0.2, -0.15) is 0 Å². The summed E-state index contributed by atoms with van der Waals surface area (Å²) < 4.78 is 10.4. The third-order valence-corrected chi connectivity index (χ3v) is 3.88. The van der Waals surface area contributed by atoms with Crippen LogP contribution in [0.2, 0.25) is 0 Å². The fourth-order valence-electron chi connectivity index (χ4n) is 2.45.